The third-order valence-electron chi connectivity index (χ3n) is 3.12. The van der Waals surface area contributed by atoms with Crippen LogP contribution in [0.4, 0.5) is 5.69 Å². The van der Waals surface area contributed by atoms with Gasteiger partial charge in [-0.3, -0.25) is 4.72 Å². The standard InChI is InChI=1S/C12H15N3O2S2/c16-19(17,15-6-4-13-5-7-15)14-11-1-2-12-10(9-11)3-8-18-12/h1-3,8-9,13-14H,4-7H2. The van der Waals surface area contributed by atoms with Crippen molar-refractivity contribution in [2.45, 2.75) is 0 Å². The average Bonchev–Trinajstić information content (AvgIpc) is 2.87. The van der Waals surface area contributed by atoms with E-state index in [1.165, 1.54) is 4.31 Å². The van der Waals surface area contributed by atoms with Gasteiger partial charge in [-0.2, -0.15) is 12.7 Å². The van der Waals surface area contributed by atoms with Crippen LogP contribution >= 0.6 is 11.3 Å². The Morgan fingerprint density at radius 2 is 2.00 bits per heavy atom. The van der Waals surface area contributed by atoms with E-state index in [0.717, 1.165) is 10.1 Å². The maximum Gasteiger partial charge on any atom is 0.301 e. The molecule has 0 aliphatic carbocycles. The minimum atomic E-state index is -3.44. The van der Waals surface area contributed by atoms with Crippen LogP contribution in [0.5, 0.6) is 0 Å². The van der Waals surface area contributed by atoms with E-state index in [9.17, 15) is 8.42 Å². The number of anilines is 1. The van der Waals surface area contributed by atoms with Crippen LogP contribution in [-0.4, -0.2) is 38.9 Å². The van der Waals surface area contributed by atoms with Crippen LogP contribution in [0.25, 0.3) is 10.1 Å². The van der Waals surface area contributed by atoms with Gasteiger partial charge in [-0.05, 0) is 35.0 Å². The largest absolute Gasteiger partial charge is 0.314 e. The summed E-state index contributed by atoms with van der Waals surface area (Å²) in [6.07, 6.45) is 0. The van der Waals surface area contributed by atoms with Crippen LogP contribution in [0.1, 0.15) is 0 Å². The van der Waals surface area contributed by atoms with Crippen molar-refractivity contribution < 1.29 is 8.42 Å². The van der Waals surface area contributed by atoms with Crippen molar-refractivity contribution in [3.63, 3.8) is 0 Å². The number of piperazine rings is 1. The number of hydrogen-bond acceptors (Lipinski definition) is 4. The van der Waals surface area contributed by atoms with E-state index in [1.807, 2.05) is 23.6 Å². The number of hydrogen-bond donors (Lipinski definition) is 2. The van der Waals surface area contributed by atoms with Crippen molar-refractivity contribution in [3.05, 3.63) is 29.6 Å². The van der Waals surface area contributed by atoms with E-state index in [-0.39, 0.29) is 0 Å². The molecule has 0 spiro atoms. The van der Waals surface area contributed by atoms with Gasteiger partial charge in [-0.15, -0.1) is 11.3 Å². The number of benzene rings is 1. The van der Waals surface area contributed by atoms with Crippen molar-refractivity contribution in [2.75, 3.05) is 30.9 Å². The Morgan fingerprint density at radius 1 is 1.21 bits per heavy atom. The lowest BCUT2D eigenvalue weighted by Gasteiger charge is -2.26. The van der Waals surface area contributed by atoms with Crippen LogP contribution in [-0.2, 0) is 10.2 Å². The summed E-state index contributed by atoms with van der Waals surface area (Å²) in [6, 6.07) is 7.60. The van der Waals surface area contributed by atoms with Gasteiger partial charge in [-0.1, -0.05) is 0 Å². The molecule has 3 rings (SSSR count). The van der Waals surface area contributed by atoms with Gasteiger partial charge < -0.3 is 5.32 Å². The van der Waals surface area contributed by atoms with Crippen molar-refractivity contribution in [2.24, 2.45) is 0 Å². The van der Waals surface area contributed by atoms with Gasteiger partial charge in [0.05, 0.1) is 5.69 Å². The molecule has 1 aromatic carbocycles. The monoisotopic (exact) mass is 297 g/mol. The zero-order chi connectivity index (χ0) is 13.3. The van der Waals surface area contributed by atoms with Crippen LogP contribution in [0.3, 0.4) is 0 Å². The van der Waals surface area contributed by atoms with Gasteiger partial charge in [0, 0.05) is 30.9 Å². The topological polar surface area (TPSA) is 61.4 Å². The second kappa shape index (κ2) is 5.09. The first-order valence-electron chi connectivity index (χ1n) is 6.11. The molecule has 7 heteroatoms. The van der Waals surface area contributed by atoms with Gasteiger partial charge in [0.15, 0.2) is 0 Å². The summed E-state index contributed by atoms with van der Waals surface area (Å²) in [5, 5.41) is 6.20. The number of thiophene rings is 1. The highest BCUT2D eigenvalue weighted by Gasteiger charge is 2.23. The van der Waals surface area contributed by atoms with Crippen LogP contribution < -0.4 is 10.0 Å². The van der Waals surface area contributed by atoms with E-state index >= 15 is 0 Å². The summed E-state index contributed by atoms with van der Waals surface area (Å²) in [5.41, 5.74) is 0.615. The molecule has 2 heterocycles. The molecule has 1 aromatic heterocycles. The second-order valence-corrected chi connectivity index (χ2v) is 7.05. The second-order valence-electron chi connectivity index (χ2n) is 4.43. The van der Waals surface area contributed by atoms with Gasteiger partial charge in [-0.25, -0.2) is 0 Å². The minimum Gasteiger partial charge on any atom is -0.314 e. The molecule has 0 saturated carbocycles. The highest BCUT2D eigenvalue weighted by molar-refractivity contribution is 7.90. The van der Waals surface area contributed by atoms with E-state index in [2.05, 4.69) is 10.0 Å². The molecule has 1 fully saturated rings. The first-order valence-corrected chi connectivity index (χ1v) is 8.43. The van der Waals surface area contributed by atoms with Crippen LogP contribution in [0, 0.1) is 0 Å². The molecule has 1 saturated heterocycles. The quantitative estimate of drug-likeness (QED) is 0.902. The first kappa shape index (κ1) is 12.9. The zero-order valence-electron chi connectivity index (χ0n) is 10.3. The van der Waals surface area contributed by atoms with E-state index < -0.39 is 10.2 Å². The minimum absolute atomic E-state index is 0.510. The molecule has 0 amide bonds. The molecular formula is C12H15N3O2S2. The maximum atomic E-state index is 12.2. The Balaban J connectivity index is 1.82. The Kier molecular flexibility index (Phi) is 3.44. The lowest BCUT2D eigenvalue weighted by molar-refractivity contribution is 0.362. The molecule has 2 N–H and O–H groups in total. The highest BCUT2D eigenvalue weighted by atomic mass is 32.2. The number of nitrogens with zero attached hydrogens (tertiary/aromatic N) is 1. The molecule has 2 aromatic rings. The SMILES string of the molecule is O=S(=O)(Nc1ccc2sccc2c1)N1CCNCC1. The highest BCUT2D eigenvalue weighted by Crippen LogP contribution is 2.24. The van der Waals surface area contributed by atoms with Gasteiger partial charge >= 0.3 is 10.2 Å². The number of fused-ring (bicyclic) bond motifs is 1. The van der Waals surface area contributed by atoms with Crippen molar-refractivity contribution in [1.29, 1.82) is 0 Å². The Hall–Kier alpha value is -1.15. The van der Waals surface area contributed by atoms with Crippen molar-refractivity contribution >= 4 is 37.3 Å². The predicted molar refractivity (Wildman–Crippen MR) is 78.8 cm³/mol. The fraction of sp³-hybridized carbons (Fsp3) is 0.333. The summed E-state index contributed by atoms with van der Waals surface area (Å²) in [5.74, 6) is 0. The molecule has 0 bridgehead atoms. The molecule has 1 aliphatic heterocycles. The van der Waals surface area contributed by atoms with E-state index in [4.69, 9.17) is 0 Å². The fourth-order valence-corrected chi connectivity index (χ4v) is 4.12. The van der Waals surface area contributed by atoms with Gasteiger partial charge in [0.1, 0.15) is 0 Å². The van der Waals surface area contributed by atoms with Crippen LogP contribution in [0.15, 0.2) is 29.6 Å². The van der Waals surface area contributed by atoms with Crippen molar-refractivity contribution in [3.8, 4) is 0 Å². The number of rotatable bonds is 3. The Bertz CT molecular complexity index is 675. The lowest BCUT2D eigenvalue weighted by Crippen LogP contribution is -2.48. The maximum absolute atomic E-state index is 12.2. The normalized spacial score (nSPS) is 17.7. The molecule has 19 heavy (non-hydrogen) atoms. The van der Waals surface area contributed by atoms with E-state index in [1.54, 1.807) is 17.4 Å². The third kappa shape index (κ3) is 2.74. The Morgan fingerprint density at radius 3 is 2.79 bits per heavy atom. The number of nitrogens with one attached hydrogen (secondary N) is 2. The summed E-state index contributed by atoms with van der Waals surface area (Å²) in [7, 11) is -3.44. The predicted octanol–water partition coefficient (Wildman–Crippen LogP) is 1.46. The first-order chi connectivity index (χ1) is 9.15. The summed E-state index contributed by atoms with van der Waals surface area (Å²) < 4.78 is 29.7. The molecule has 102 valence electrons. The fourth-order valence-electron chi connectivity index (χ4n) is 2.13. The third-order valence-corrected chi connectivity index (χ3v) is 5.55. The smallest absolute Gasteiger partial charge is 0.301 e. The summed E-state index contributed by atoms with van der Waals surface area (Å²) in [6.45, 7) is 2.42. The summed E-state index contributed by atoms with van der Waals surface area (Å²) >= 11 is 1.65. The molecule has 5 nitrogen and oxygen atoms in total. The van der Waals surface area contributed by atoms with Crippen LogP contribution in [0.2, 0.25) is 0 Å². The van der Waals surface area contributed by atoms with Gasteiger partial charge in [0.25, 0.3) is 0 Å². The Labute approximate surface area is 116 Å². The molecule has 0 atom stereocenters. The van der Waals surface area contributed by atoms with Gasteiger partial charge in [0.2, 0.25) is 0 Å². The zero-order valence-corrected chi connectivity index (χ0v) is 11.9. The molecule has 0 unspecified atom stereocenters. The molecule has 1 aliphatic rings. The average molecular weight is 297 g/mol. The molecular weight excluding hydrogens is 282 g/mol. The van der Waals surface area contributed by atoms with Crippen molar-refractivity contribution in [1.82, 2.24) is 9.62 Å². The van der Waals surface area contributed by atoms with E-state index in [0.29, 0.717) is 31.9 Å². The lowest BCUT2D eigenvalue weighted by atomic mass is 10.2. The molecule has 0 radical (unpaired) electrons. The summed E-state index contributed by atoms with van der Waals surface area (Å²) in [4.78, 5) is 0.